The molecule has 0 fully saturated rings. The lowest BCUT2D eigenvalue weighted by Crippen LogP contribution is -2.31. The van der Waals surface area contributed by atoms with Gasteiger partial charge in [0.2, 0.25) is 10.0 Å². The minimum absolute atomic E-state index is 0.0395. The summed E-state index contributed by atoms with van der Waals surface area (Å²) in [6, 6.07) is 13.8. The van der Waals surface area contributed by atoms with E-state index in [-0.39, 0.29) is 18.0 Å². The standard InChI is InChI=1S/C16H15N3O4S2/c20-16(13-11-14(23-18-13)15-7-4-9-24-15)17-8-10-25(21,22)19-12-5-2-1-3-6-12/h1-7,9,11,19H,8,10H2,(H,17,20). The maximum atomic E-state index is 12.0. The molecule has 0 aliphatic carbocycles. The molecule has 25 heavy (non-hydrogen) atoms. The summed E-state index contributed by atoms with van der Waals surface area (Å²) >= 11 is 1.47. The number of amides is 1. The summed E-state index contributed by atoms with van der Waals surface area (Å²) in [4.78, 5) is 12.9. The Balaban J connectivity index is 1.52. The predicted molar refractivity (Wildman–Crippen MR) is 96.0 cm³/mol. The molecular formula is C16H15N3O4S2. The number of thiophene rings is 1. The molecule has 0 bridgehead atoms. The van der Waals surface area contributed by atoms with Crippen molar-refractivity contribution in [1.82, 2.24) is 10.5 Å². The Hall–Kier alpha value is -2.65. The van der Waals surface area contributed by atoms with Crippen molar-refractivity contribution in [3.8, 4) is 10.6 Å². The van der Waals surface area contributed by atoms with Crippen molar-refractivity contribution < 1.29 is 17.7 Å². The van der Waals surface area contributed by atoms with Crippen LogP contribution in [-0.4, -0.2) is 31.8 Å². The zero-order valence-electron chi connectivity index (χ0n) is 13.0. The lowest BCUT2D eigenvalue weighted by atomic mass is 10.3. The van der Waals surface area contributed by atoms with E-state index >= 15 is 0 Å². The fraction of sp³-hybridized carbons (Fsp3) is 0.125. The van der Waals surface area contributed by atoms with Gasteiger partial charge in [0.05, 0.1) is 10.6 Å². The zero-order chi connectivity index (χ0) is 17.7. The third kappa shape index (κ3) is 4.68. The molecule has 7 nitrogen and oxygen atoms in total. The fourth-order valence-corrected chi connectivity index (χ4v) is 3.68. The molecule has 0 spiro atoms. The highest BCUT2D eigenvalue weighted by Gasteiger charge is 2.16. The van der Waals surface area contributed by atoms with E-state index in [1.807, 2.05) is 17.5 Å². The molecule has 0 aliphatic heterocycles. The van der Waals surface area contributed by atoms with Gasteiger partial charge in [-0.1, -0.05) is 29.4 Å². The summed E-state index contributed by atoms with van der Waals surface area (Å²) in [5.74, 6) is -0.233. The van der Waals surface area contributed by atoms with Crippen LogP contribution in [0.25, 0.3) is 10.6 Å². The van der Waals surface area contributed by atoms with E-state index in [9.17, 15) is 13.2 Å². The summed E-state index contributed by atoms with van der Waals surface area (Å²) in [5.41, 5.74) is 0.586. The third-order valence-electron chi connectivity index (χ3n) is 3.21. The third-order valence-corrected chi connectivity index (χ3v) is 5.38. The molecule has 130 valence electrons. The molecule has 0 saturated carbocycles. The Morgan fingerprint density at radius 3 is 2.68 bits per heavy atom. The summed E-state index contributed by atoms with van der Waals surface area (Å²) in [6.45, 7) is -0.0395. The molecule has 3 rings (SSSR count). The maximum Gasteiger partial charge on any atom is 0.273 e. The predicted octanol–water partition coefficient (Wildman–Crippen LogP) is 2.57. The van der Waals surface area contributed by atoms with Gasteiger partial charge in [-0.15, -0.1) is 11.3 Å². The average molecular weight is 377 g/mol. The zero-order valence-corrected chi connectivity index (χ0v) is 14.6. The number of rotatable bonds is 7. The first-order valence-corrected chi connectivity index (χ1v) is 9.91. The smallest absolute Gasteiger partial charge is 0.273 e. The van der Waals surface area contributed by atoms with E-state index in [0.717, 1.165) is 4.88 Å². The molecule has 3 aromatic rings. The van der Waals surface area contributed by atoms with E-state index in [4.69, 9.17) is 4.52 Å². The monoisotopic (exact) mass is 377 g/mol. The molecule has 2 N–H and O–H groups in total. The van der Waals surface area contributed by atoms with E-state index in [0.29, 0.717) is 11.4 Å². The second-order valence-corrected chi connectivity index (χ2v) is 7.89. The maximum absolute atomic E-state index is 12.0. The van der Waals surface area contributed by atoms with Crippen molar-refractivity contribution in [3.63, 3.8) is 0 Å². The van der Waals surface area contributed by atoms with Crippen LogP contribution in [0.15, 0.2) is 58.4 Å². The number of carbonyl (C=O) groups is 1. The number of carbonyl (C=O) groups excluding carboxylic acids is 1. The number of nitrogens with one attached hydrogen (secondary N) is 2. The fourth-order valence-electron chi connectivity index (χ4n) is 2.04. The summed E-state index contributed by atoms with van der Waals surface area (Å²) in [7, 11) is -3.55. The number of benzene rings is 1. The normalized spacial score (nSPS) is 11.2. The van der Waals surface area contributed by atoms with E-state index in [1.165, 1.54) is 17.4 Å². The molecule has 2 aromatic heterocycles. The van der Waals surface area contributed by atoms with E-state index in [1.54, 1.807) is 30.3 Å². The Kier molecular flexibility index (Phi) is 5.15. The van der Waals surface area contributed by atoms with Gasteiger partial charge in [-0.05, 0) is 23.6 Å². The van der Waals surface area contributed by atoms with Crippen LogP contribution in [-0.2, 0) is 10.0 Å². The first kappa shape index (κ1) is 17.2. The van der Waals surface area contributed by atoms with Crippen LogP contribution in [0.5, 0.6) is 0 Å². The van der Waals surface area contributed by atoms with Crippen LogP contribution in [0.3, 0.4) is 0 Å². The molecule has 0 saturated heterocycles. The second-order valence-electron chi connectivity index (χ2n) is 5.10. The van der Waals surface area contributed by atoms with Crippen molar-refractivity contribution in [2.45, 2.75) is 0 Å². The van der Waals surface area contributed by atoms with E-state index < -0.39 is 15.9 Å². The number of aromatic nitrogens is 1. The van der Waals surface area contributed by atoms with Gasteiger partial charge in [-0.2, -0.15) is 0 Å². The lowest BCUT2D eigenvalue weighted by molar-refractivity contribution is 0.0947. The summed E-state index contributed by atoms with van der Waals surface area (Å²) in [5, 5.41) is 8.12. The van der Waals surface area contributed by atoms with Crippen LogP contribution < -0.4 is 10.0 Å². The van der Waals surface area contributed by atoms with Gasteiger partial charge < -0.3 is 9.84 Å². The molecule has 2 heterocycles. The van der Waals surface area contributed by atoms with Crippen molar-refractivity contribution in [1.29, 1.82) is 0 Å². The highest BCUT2D eigenvalue weighted by Crippen LogP contribution is 2.24. The number of hydrogen-bond acceptors (Lipinski definition) is 6. The number of para-hydroxylation sites is 1. The highest BCUT2D eigenvalue weighted by atomic mass is 32.2. The van der Waals surface area contributed by atoms with Crippen LogP contribution >= 0.6 is 11.3 Å². The molecule has 9 heteroatoms. The Bertz CT molecular complexity index is 935. The molecule has 0 atom stereocenters. The summed E-state index contributed by atoms with van der Waals surface area (Å²) < 4.78 is 31.5. The first-order chi connectivity index (χ1) is 12.0. The van der Waals surface area contributed by atoms with Crippen LogP contribution in [0.1, 0.15) is 10.5 Å². The molecule has 0 aliphatic rings. The second kappa shape index (κ2) is 7.49. The number of hydrogen-bond donors (Lipinski definition) is 2. The van der Waals surface area contributed by atoms with Gasteiger partial charge >= 0.3 is 0 Å². The topological polar surface area (TPSA) is 101 Å². The lowest BCUT2D eigenvalue weighted by Gasteiger charge is -2.08. The molecule has 1 aromatic carbocycles. The largest absolute Gasteiger partial charge is 0.355 e. The van der Waals surface area contributed by atoms with Gasteiger partial charge in [0.15, 0.2) is 11.5 Å². The Labute approximate surface area is 148 Å². The van der Waals surface area contributed by atoms with Crippen LogP contribution in [0, 0.1) is 0 Å². The molecular weight excluding hydrogens is 362 g/mol. The van der Waals surface area contributed by atoms with Crippen molar-refractivity contribution in [2.24, 2.45) is 0 Å². The quantitative estimate of drug-likeness (QED) is 0.659. The van der Waals surface area contributed by atoms with Gasteiger partial charge in [-0.3, -0.25) is 9.52 Å². The van der Waals surface area contributed by atoms with E-state index in [2.05, 4.69) is 15.2 Å². The minimum Gasteiger partial charge on any atom is -0.355 e. The molecule has 1 amide bonds. The average Bonchev–Trinajstić information content (AvgIpc) is 3.26. The van der Waals surface area contributed by atoms with Crippen LogP contribution in [0.2, 0.25) is 0 Å². The summed E-state index contributed by atoms with van der Waals surface area (Å²) in [6.07, 6.45) is 0. The molecule has 0 unspecified atom stereocenters. The Morgan fingerprint density at radius 1 is 1.16 bits per heavy atom. The number of anilines is 1. The van der Waals surface area contributed by atoms with Crippen molar-refractivity contribution in [3.05, 3.63) is 59.6 Å². The van der Waals surface area contributed by atoms with Gasteiger partial charge in [0.1, 0.15) is 0 Å². The number of nitrogens with zero attached hydrogens (tertiary/aromatic N) is 1. The Morgan fingerprint density at radius 2 is 1.96 bits per heavy atom. The highest BCUT2D eigenvalue weighted by molar-refractivity contribution is 7.92. The van der Waals surface area contributed by atoms with Gasteiger partial charge in [0.25, 0.3) is 5.91 Å². The van der Waals surface area contributed by atoms with Crippen molar-refractivity contribution in [2.75, 3.05) is 17.0 Å². The minimum atomic E-state index is -3.55. The van der Waals surface area contributed by atoms with Crippen LogP contribution in [0.4, 0.5) is 5.69 Å². The SMILES string of the molecule is O=C(NCCS(=O)(=O)Nc1ccccc1)c1cc(-c2cccs2)on1. The van der Waals surface area contributed by atoms with Crippen molar-refractivity contribution >= 4 is 33.0 Å². The van der Waals surface area contributed by atoms with Gasteiger partial charge in [0, 0.05) is 18.3 Å². The first-order valence-electron chi connectivity index (χ1n) is 7.38. The van der Waals surface area contributed by atoms with Gasteiger partial charge in [-0.25, -0.2) is 8.42 Å². The molecule has 0 radical (unpaired) electrons. The number of sulfonamides is 1.